The number of ether oxygens (including phenoxy) is 3. The summed E-state index contributed by atoms with van der Waals surface area (Å²) >= 11 is 2.18. The molecule has 0 saturated carbocycles. The first-order valence-electron chi connectivity index (χ1n) is 11.6. The predicted molar refractivity (Wildman–Crippen MR) is 142 cm³/mol. The van der Waals surface area contributed by atoms with Crippen molar-refractivity contribution in [1.82, 2.24) is 14.8 Å². The van der Waals surface area contributed by atoms with E-state index in [0.29, 0.717) is 16.5 Å². The molecule has 10 nitrogen and oxygen atoms in total. The zero-order valence-electron chi connectivity index (χ0n) is 21.7. The highest BCUT2D eigenvalue weighted by molar-refractivity contribution is 7.99. The summed E-state index contributed by atoms with van der Waals surface area (Å²) < 4.78 is 17.8. The number of hydrogen-bond acceptors (Lipinski definition) is 10. The van der Waals surface area contributed by atoms with E-state index in [1.165, 1.54) is 17.3 Å². The van der Waals surface area contributed by atoms with Gasteiger partial charge in [-0.1, -0.05) is 17.8 Å². The van der Waals surface area contributed by atoms with Crippen LogP contribution >= 0.6 is 23.1 Å². The number of amides is 1. The van der Waals surface area contributed by atoms with Gasteiger partial charge in [0.15, 0.2) is 11.0 Å². The number of nitrogens with one attached hydrogen (secondary N) is 1. The molecule has 0 radical (unpaired) electrons. The first kappa shape index (κ1) is 28.2. The van der Waals surface area contributed by atoms with E-state index >= 15 is 0 Å². The van der Waals surface area contributed by atoms with Gasteiger partial charge in [-0.25, -0.2) is 9.59 Å². The normalized spacial score (nSPS) is 10.8. The molecule has 1 aromatic carbocycles. The molecule has 0 atom stereocenters. The minimum absolute atomic E-state index is 0.0118. The van der Waals surface area contributed by atoms with E-state index in [9.17, 15) is 14.4 Å². The molecule has 37 heavy (non-hydrogen) atoms. The number of benzene rings is 1. The van der Waals surface area contributed by atoms with Gasteiger partial charge in [-0.05, 0) is 63.4 Å². The second-order valence-corrected chi connectivity index (χ2v) is 9.99. The largest absolute Gasteiger partial charge is 0.486 e. The summed E-state index contributed by atoms with van der Waals surface area (Å²) in [6, 6.07) is 5.87. The molecule has 0 aliphatic heterocycles. The van der Waals surface area contributed by atoms with Crippen molar-refractivity contribution in [2.75, 3.05) is 24.3 Å². The van der Waals surface area contributed by atoms with Crippen molar-refractivity contribution < 1.29 is 28.6 Å². The average Bonchev–Trinajstić information content (AvgIpc) is 3.37. The maximum Gasteiger partial charge on any atom is 0.348 e. The van der Waals surface area contributed by atoms with Gasteiger partial charge >= 0.3 is 11.9 Å². The van der Waals surface area contributed by atoms with Crippen LogP contribution in [-0.4, -0.2) is 51.6 Å². The van der Waals surface area contributed by atoms with Crippen molar-refractivity contribution in [3.05, 3.63) is 51.2 Å². The summed E-state index contributed by atoms with van der Waals surface area (Å²) in [6.45, 7) is 9.65. The number of thiophene rings is 1. The van der Waals surface area contributed by atoms with Gasteiger partial charge < -0.3 is 24.1 Å². The maximum absolute atomic E-state index is 12.7. The van der Waals surface area contributed by atoms with E-state index in [0.717, 1.165) is 22.6 Å². The number of nitrogens with zero attached hydrogens (tertiary/aromatic N) is 3. The number of esters is 2. The molecule has 1 N–H and O–H groups in total. The lowest BCUT2D eigenvalue weighted by Gasteiger charge is -2.09. The molecule has 0 unspecified atom stereocenters. The van der Waals surface area contributed by atoms with Crippen LogP contribution in [0, 0.1) is 20.8 Å². The summed E-state index contributed by atoms with van der Waals surface area (Å²) in [6.07, 6.45) is 0. The van der Waals surface area contributed by atoms with Crippen LogP contribution < -0.4 is 10.1 Å². The van der Waals surface area contributed by atoms with Crippen molar-refractivity contribution in [2.24, 2.45) is 7.05 Å². The van der Waals surface area contributed by atoms with Crippen LogP contribution in [-0.2, 0) is 27.9 Å². The first-order valence-corrected chi connectivity index (χ1v) is 13.4. The minimum atomic E-state index is -0.614. The zero-order valence-corrected chi connectivity index (χ0v) is 23.3. The molecule has 0 saturated heterocycles. The molecule has 3 aromatic rings. The molecule has 0 bridgehead atoms. The fourth-order valence-electron chi connectivity index (χ4n) is 3.28. The van der Waals surface area contributed by atoms with Crippen molar-refractivity contribution in [2.45, 2.75) is 46.4 Å². The third-order valence-corrected chi connectivity index (χ3v) is 7.65. The van der Waals surface area contributed by atoms with Crippen LogP contribution in [0.2, 0.25) is 0 Å². The van der Waals surface area contributed by atoms with Gasteiger partial charge in [0.25, 0.3) is 0 Å². The number of aryl methyl sites for hydroxylation is 2. The van der Waals surface area contributed by atoms with E-state index in [1.54, 1.807) is 32.4 Å². The topological polar surface area (TPSA) is 122 Å². The summed E-state index contributed by atoms with van der Waals surface area (Å²) in [5.74, 6) is -0.179. The van der Waals surface area contributed by atoms with Crippen LogP contribution in [0.15, 0.2) is 23.4 Å². The molecule has 2 heterocycles. The van der Waals surface area contributed by atoms with Crippen molar-refractivity contribution >= 4 is 45.9 Å². The molecule has 0 aliphatic rings. The summed E-state index contributed by atoms with van der Waals surface area (Å²) in [5, 5.41) is 11.8. The fraction of sp³-hybridized carbons (Fsp3) is 0.400. The van der Waals surface area contributed by atoms with Gasteiger partial charge in [0.1, 0.15) is 22.2 Å². The van der Waals surface area contributed by atoms with Crippen LogP contribution in [0.25, 0.3) is 0 Å². The Labute approximate surface area is 223 Å². The highest BCUT2D eigenvalue weighted by Gasteiger charge is 2.27. The Bertz CT molecular complexity index is 1300. The van der Waals surface area contributed by atoms with Gasteiger partial charge in [0, 0.05) is 7.05 Å². The van der Waals surface area contributed by atoms with E-state index in [2.05, 4.69) is 15.5 Å². The Morgan fingerprint density at radius 2 is 1.73 bits per heavy atom. The number of anilines is 1. The average molecular weight is 547 g/mol. The zero-order chi connectivity index (χ0) is 27.1. The second kappa shape index (κ2) is 12.7. The number of carbonyl (C=O) groups is 3. The molecule has 0 aliphatic carbocycles. The van der Waals surface area contributed by atoms with Crippen molar-refractivity contribution in [3.63, 3.8) is 0 Å². The molecule has 0 spiro atoms. The van der Waals surface area contributed by atoms with Gasteiger partial charge in [0.2, 0.25) is 5.91 Å². The Hall–Kier alpha value is -3.38. The molecule has 3 rings (SSSR count). The first-order chi connectivity index (χ1) is 17.7. The summed E-state index contributed by atoms with van der Waals surface area (Å²) in [4.78, 5) is 37.8. The third-order valence-electron chi connectivity index (χ3n) is 5.44. The SMILES string of the molecule is CCOC(=O)c1sc(NC(=O)CSc2nnc(COc3ccc(C)c(C)c3)n2C)c(C(=O)OCC)c1C. The lowest BCUT2D eigenvalue weighted by Crippen LogP contribution is -2.17. The Morgan fingerprint density at radius 1 is 1.03 bits per heavy atom. The summed E-state index contributed by atoms with van der Waals surface area (Å²) in [7, 11) is 1.80. The Balaban J connectivity index is 1.66. The van der Waals surface area contributed by atoms with Crippen molar-refractivity contribution in [1.29, 1.82) is 0 Å². The van der Waals surface area contributed by atoms with E-state index in [1.807, 2.05) is 32.0 Å². The smallest absolute Gasteiger partial charge is 0.348 e. The fourth-order valence-corrected chi connectivity index (χ4v) is 5.12. The van der Waals surface area contributed by atoms with E-state index < -0.39 is 11.9 Å². The summed E-state index contributed by atoms with van der Waals surface area (Å²) in [5.41, 5.74) is 2.88. The number of rotatable bonds is 11. The van der Waals surface area contributed by atoms with Crippen LogP contribution in [0.5, 0.6) is 5.75 Å². The molecular formula is C25H30N4O6S2. The molecule has 1 amide bonds. The molecule has 2 aromatic heterocycles. The second-order valence-electron chi connectivity index (χ2n) is 8.03. The highest BCUT2D eigenvalue weighted by Crippen LogP contribution is 2.34. The number of aromatic nitrogens is 3. The number of hydrogen-bond donors (Lipinski definition) is 1. The van der Waals surface area contributed by atoms with Gasteiger partial charge in [0.05, 0.1) is 24.5 Å². The highest BCUT2D eigenvalue weighted by atomic mass is 32.2. The lowest BCUT2D eigenvalue weighted by molar-refractivity contribution is -0.113. The van der Waals surface area contributed by atoms with Crippen molar-refractivity contribution in [3.8, 4) is 5.75 Å². The quantitative estimate of drug-likeness (QED) is 0.274. The monoisotopic (exact) mass is 546 g/mol. The molecule has 0 fully saturated rings. The Morgan fingerprint density at radius 3 is 2.41 bits per heavy atom. The lowest BCUT2D eigenvalue weighted by atomic mass is 10.1. The predicted octanol–water partition coefficient (Wildman–Crippen LogP) is 4.47. The van der Waals surface area contributed by atoms with E-state index in [-0.39, 0.29) is 46.9 Å². The molecule has 12 heteroatoms. The van der Waals surface area contributed by atoms with Gasteiger partial charge in [-0.15, -0.1) is 21.5 Å². The van der Waals surface area contributed by atoms with Crippen LogP contribution in [0.1, 0.15) is 56.4 Å². The standard InChI is InChI=1S/C25H30N4O6S2/c1-7-33-23(31)20-16(5)21(24(32)34-8-2)37-22(20)26-19(30)13-36-25-28-27-18(29(25)6)12-35-17-10-9-14(3)15(4)11-17/h9-11H,7-8,12-13H2,1-6H3,(H,26,30). The minimum Gasteiger partial charge on any atom is -0.486 e. The van der Waals surface area contributed by atoms with Crippen LogP contribution in [0.3, 0.4) is 0 Å². The molecular weight excluding hydrogens is 516 g/mol. The van der Waals surface area contributed by atoms with Gasteiger partial charge in [-0.2, -0.15) is 0 Å². The molecule has 198 valence electrons. The Kier molecular flexibility index (Phi) is 9.70. The van der Waals surface area contributed by atoms with Crippen LogP contribution in [0.4, 0.5) is 5.00 Å². The number of thioether (sulfide) groups is 1. The number of carbonyl (C=O) groups excluding carboxylic acids is 3. The van der Waals surface area contributed by atoms with Gasteiger partial charge in [-0.3, -0.25) is 4.79 Å². The van der Waals surface area contributed by atoms with E-state index in [4.69, 9.17) is 14.2 Å². The third kappa shape index (κ3) is 6.89. The maximum atomic E-state index is 12.7.